The molecule has 1 saturated heterocycles. The average Bonchev–Trinajstić information content (AvgIpc) is 3.53. The number of aryl methyl sites for hydroxylation is 2. The molecule has 17 heteroatoms. The Bertz CT molecular complexity index is 2480. The molecule has 0 bridgehead atoms. The molecule has 0 unspecified atom stereocenters. The highest BCUT2D eigenvalue weighted by molar-refractivity contribution is 7.13. The lowest BCUT2D eigenvalue weighted by molar-refractivity contribution is -0.142. The first-order valence-electron chi connectivity index (χ1n) is 23.0. The Morgan fingerprint density at radius 1 is 0.938 bits per heavy atom. The Morgan fingerprint density at radius 3 is 2.34 bits per heavy atom. The Balaban J connectivity index is 0.775. The Morgan fingerprint density at radius 2 is 1.65 bits per heavy atom. The minimum Gasteiger partial charge on any atom is -0.391 e. The molecule has 65 heavy (non-hydrogen) atoms. The molecule has 4 aliphatic rings. The van der Waals surface area contributed by atoms with Crippen molar-refractivity contribution in [2.24, 2.45) is 10.8 Å². The van der Waals surface area contributed by atoms with Gasteiger partial charge in [0.25, 0.3) is 11.5 Å². The summed E-state index contributed by atoms with van der Waals surface area (Å²) in [5.41, 5.74) is 5.16. The molecule has 5 heterocycles. The van der Waals surface area contributed by atoms with Gasteiger partial charge in [-0.05, 0) is 105 Å². The van der Waals surface area contributed by atoms with Gasteiger partial charge in [-0.1, -0.05) is 57.9 Å². The minimum absolute atomic E-state index is 0.0969. The lowest BCUT2D eigenvalue weighted by Crippen LogP contribution is -2.56. The van der Waals surface area contributed by atoms with Crippen molar-refractivity contribution in [1.29, 1.82) is 0 Å². The zero-order valence-electron chi connectivity index (χ0n) is 38.1. The van der Waals surface area contributed by atoms with Gasteiger partial charge in [0.15, 0.2) is 0 Å². The number of hydrogen-bond donors (Lipinski definition) is 6. The van der Waals surface area contributed by atoms with Crippen LogP contribution in [0, 0.1) is 24.7 Å². The van der Waals surface area contributed by atoms with Crippen LogP contribution in [0.2, 0.25) is 0 Å². The zero-order chi connectivity index (χ0) is 46.1. The SMILES string of the molecule is Cc1cc(Nc2cc(NC(=O)CCCCCCN[C@H](C(=O)N3C[C@H](O)C[C@H]3C(=O)NCc3ccc(-c4scnc4C)cc3)C(C)(C)C)ncn2)c(=O)n2c1C(=O)NC21CCC2(CC2)CC1. The third-order valence-electron chi connectivity index (χ3n) is 13.8. The molecule has 4 aromatic rings. The van der Waals surface area contributed by atoms with Crippen LogP contribution in [0.5, 0.6) is 0 Å². The standard InChI is InChI=1S/C48H62N10O6S/c1-29-22-34(44(63)58-39(29)43(62)56-48(58)19-17-47(15-16-47)18-20-48)54-36-24-37(52-27-51-36)55-38(60)10-8-6-7-9-21-49-41(46(3,4)5)45(64)57-26-33(59)23-35(57)42(61)50-25-31-11-13-32(14-12-31)40-30(2)53-28-65-40/h11-14,22,24,27-28,33,35,41,49,59H,6-10,15-21,23,25-26H2,1-5H3,(H,50,61)(H,56,62)(H2,51,52,54,55,60)/t33-,35+,41-/m1/s1. The molecule has 346 valence electrons. The quantitative estimate of drug-likeness (QED) is 0.0713. The number of anilines is 3. The van der Waals surface area contributed by atoms with E-state index in [1.807, 2.05) is 64.4 Å². The van der Waals surface area contributed by atoms with Crippen LogP contribution in [-0.2, 0) is 26.6 Å². The van der Waals surface area contributed by atoms with E-state index in [-0.39, 0.29) is 48.6 Å². The summed E-state index contributed by atoms with van der Waals surface area (Å²) in [6, 6.07) is 9.91. The number of rotatable bonds is 16. The third-order valence-corrected chi connectivity index (χ3v) is 14.7. The lowest BCUT2D eigenvalue weighted by Gasteiger charge is -2.39. The maximum absolute atomic E-state index is 14.0. The number of nitrogens with zero attached hydrogens (tertiary/aromatic N) is 5. The Kier molecular flexibility index (Phi) is 13.3. The molecule has 0 radical (unpaired) electrons. The van der Waals surface area contributed by atoms with Gasteiger partial charge in [-0.3, -0.25) is 28.5 Å². The van der Waals surface area contributed by atoms with Crippen LogP contribution in [-0.4, -0.2) is 84.4 Å². The second-order valence-corrected chi connectivity index (χ2v) is 20.5. The van der Waals surface area contributed by atoms with Gasteiger partial charge in [-0.25, -0.2) is 15.0 Å². The van der Waals surface area contributed by atoms with Crippen LogP contribution in [0.15, 0.2) is 53.0 Å². The number of β-amino-alcohol motifs (C(OH)–C–C–N with tert-alkyl or cyclic N) is 1. The van der Waals surface area contributed by atoms with Crippen molar-refractivity contribution in [3.05, 3.63) is 81.1 Å². The second kappa shape index (κ2) is 18.8. The van der Waals surface area contributed by atoms with Crippen molar-refractivity contribution >= 4 is 52.3 Å². The van der Waals surface area contributed by atoms with Gasteiger partial charge in [-0.2, -0.15) is 0 Å². The van der Waals surface area contributed by atoms with E-state index in [1.54, 1.807) is 28.0 Å². The number of carbonyl (C=O) groups is 4. The highest BCUT2D eigenvalue weighted by Gasteiger charge is 2.54. The maximum Gasteiger partial charge on any atom is 0.276 e. The van der Waals surface area contributed by atoms with Crippen molar-refractivity contribution < 1.29 is 24.3 Å². The summed E-state index contributed by atoms with van der Waals surface area (Å²) in [7, 11) is 0. The number of nitrogens with one attached hydrogen (secondary N) is 5. The fraction of sp³-hybridized carbons (Fsp3) is 0.542. The van der Waals surface area contributed by atoms with Gasteiger partial charge in [-0.15, -0.1) is 11.3 Å². The Hall–Kier alpha value is -5.52. The summed E-state index contributed by atoms with van der Waals surface area (Å²) in [6.07, 6.45) is 9.98. The number of carbonyl (C=O) groups excluding carboxylic acids is 4. The molecule has 2 spiro atoms. The van der Waals surface area contributed by atoms with Crippen LogP contribution in [0.25, 0.3) is 10.4 Å². The van der Waals surface area contributed by atoms with E-state index in [2.05, 4.69) is 41.5 Å². The fourth-order valence-electron chi connectivity index (χ4n) is 9.81. The van der Waals surface area contributed by atoms with Gasteiger partial charge in [0, 0.05) is 32.0 Å². The van der Waals surface area contributed by atoms with E-state index < -0.39 is 29.3 Å². The molecule has 3 atom stereocenters. The monoisotopic (exact) mass is 906 g/mol. The van der Waals surface area contributed by atoms with Gasteiger partial charge < -0.3 is 36.6 Å². The predicted octanol–water partition coefficient (Wildman–Crippen LogP) is 6.04. The molecule has 6 N–H and O–H groups in total. The molecule has 2 aliphatic heterocycles. The van der Waals surface area contributed by atoms with Crippen molar-refractivity contribution in [3.63, 3.8) is 0 Å². The maximum atomic E-state index is 14.0. The number of likely N-dealkylation sites (tertiary alicyclic amines) is 1. The van der Waals surface area contributed by atoms with Crippen LogP contribution in [0.1, 0.15) is 125 Å². The van der Waals surface area contributed by atoms with E-state index in [9.17, 15) is 29.1 Å². The van der Waals surface area contributed by atoms with Gasteiger partial charge in [0.1, 0.15) is 41.0 Å². The molecule has 1 aromatic carbocycles. The number of aliphatic hydroxyl groups excluding tert-OH is 1. The van der Waals surface area contributed by atoms with E-state index >= 15 is 0 Å². The van der Waals surface area contributed by atoms with Crippen molar-refractivity contribution in [2.45, 2.75) is 142 Å². The number of aromatic nitrogens is 4. The van der Waals surface area contributed by atoms with E-state index in [0.717, 1.165) is 66.6 Å². The van der Waals surface area contributed by atoms with Gasteiger partial charge in [0.05, 0.1) is 28.2 Å². The molecule has 2 saturated carbocycles. The topological polar surface area (TPSA) is 213 Å². The summed E-state index contributed by atoms with van der Waals surface area (Å²) < 4.78 is 1.66. The smallest absolute Gasteiger partial charge is 0.276 e. The molecule has 4 amide bonds. The van der Waals surface area contributed by atoms with E-state index in [0.29, 0.717) is 53.5 Å². The highest BCUT2D eigenvalue weighted by atomic mass is 32.1. The van der Waals surface area contributed by atoms with Gasteiger partial charge >= 0.3 is 0 Å². The van der Waals surface area contributed by atoms with Crippen molar-refractivity contribution in [3.8, 4) is 10.4 Å². The predicted molar refractivity (Wildman–Crippen MR) is 250 cm³/mol. The number of unbranched alkanes of at least 4 members (excludes halogenated alkanes) is 3. The largest absolute Gasteiger partial charge is 0.391 e. The first kappa shape index (κ1) is 46.0. The van der Waals surface area contributed by atoms with Crippen molar-refractivity contribution in [1.82, 2.24) is 40.4 Å². The van der Waals surface area contributed by atoms with Crippen LogP contribution < -0.4 is 32.1 Å². The number of aliphatic hydroxyl groups is 1. The van der Waals surface area contributed by atoms with Crippen LogP contribution in [0.4, 0.5) is 17.3 Å². The zero-order valence-corrected chi connectivity index (χ0v) is 38.9. The molecule has 16 nitrogen and oxygen atoms in total. The molecule has 2 aliphatic carbocycles. The van der Waals surface area contributed by atoms with Gasteiger partial charge in [0.2, 0.25) is 17.7 Å². The van der Waals surface area contributed by atoms with E-state index in [4.69, 9.17) is 0 Å². The number of benzene rings is 1. The summed E-state index contributed by atoms with van der Waals surface area (Å²) in [5, 5.41) is 26.2. The molecule has 3 fully saturated rings. The number of amides is 4. The summed E-state index contributed by atoms with van der Waals surface area (Å²) in [6.45, 7) is 10.7. The summed E-state index contributed by atoms with van der Waals surface area (Å²) in [5.74, 6) is -0.246. The number of hydrogen-bond acceptors (Lipinski definition) is 12. The molecule has 3 aromatic heterocycles. The first-order valence-corrected chi connectivity index (χ1v) is 23.9. The lowest BCUT2D eigenvalue weighted by atomic mass is 9.79. The van der Waals surface area contributed by atoms with Crippen LogP contribution in [0.3, 0.4) is 0 Å². The normalized spacial score (nSPS) is 19.8. The number of thiazole rings is 1. The third kappa shape index (κ3) is 10.2. The number of pyridine rings is 1. The van der Waals surface area contributed by atoms with E-state index in [1.165, 1.54) is 24.1 Å². The second-order valence-electron chi connectivity index (χ2n) is 19.7. The average molecular weight is 907 g/mol. The first-order chi connectivity index (χ1) is 31.0. The summed E-state index contributed by atoms with van der Waals surface area (Å²) >= 11 is 1.59. The molecular formula is C48H62N10O6S. The molecule has 8 rings (SSSR count). The molecular weight excluding hydrogens is 845 g/mol. The minimum atomic E-state index is -0.788. The Labute approximate surface area is 383 Å². The van der Waals surface area contributed by atoms with Crippen molar-refractivity contribution in [2.75, 3.05) is 23.7 Å². The highest BCUT2D eigenvalue weighted by Crippen LogP contribution is 2.59. The number of fused-ring (bicyclic) bond motifs is 2. The van der Waals surface area contributed by atoms with Crippen LogP contribution >= 0.6 is 11.3 Å². The fourth-order valence-corrected chi connectivity index (χ4v) is 10.6. The summed E-state index contributed by atoms with van der Waals surface area (Å²) in [4.78, 5) is 83.0.